The Kier molecular flexibility index (Phi) is 4.77. The third kappa shape index (κ3) is 3.07. The second-order valence-electron chi connectivity index (χ2n) is 5.52. The summed E-state index contributed by atoms with van der Waals surface area (Å²) in [7, 11) is 3.84. The minimum Gasteiger partial charge on any atom is -0.481 e. The Morgan fingerprint density at radius 3 is 2.74 bits per heavy atom. The van der Waals surface area contributed by atoms with Crippen LogP contribution in [0.3, 0.4) is 0 Å². The summed E-state index contributed by atoms with van der Waals surface area (Å²) in [5.41, 5.74) is 7.36. The summed E-state index contributed by atoms with van der Waals surface area (Å²) in [6.07, 6.45) is 8.07. The van der Waals surface area contributed by atoms with E-state index in [1.165, 1.54) is 32.1 Å². The molecule has 2 rings (SSSR count). The Labute approximate surface area is 116 Å². The number of ether oxygens (including phenoxy) is 1. The maximum absolute atomic E-state index is 6.07. The van der Waals surface area contributed by atoms with Crippen molar-refractivity contribution in [2.24, 2.45) is 5.73 Å². The first-order chi connectivity index (χ1) is 9.22. The van der Waals surface area contributed by atoms with Gasteiger partial charge in [0.15, 0.2) is 0 Å². The molecule has 1 fully saturated rings. The summed E-state index contributed by atoms with van der Waals surface area (Å²) in [5.74, 6) is 0.720. The van der Waals surface area contributed by atoms with E-state index in [0.29, 0.717) is 0 Å². The number of rotatable bonds is 5. The highest BCUT2D eigenvalue weighted by atomic mass is 16.5. The molecule has 4 nitrogen and oxygen atoms in total. The molecule has 0 aromatic carbocycles. The number of aromatic nitrogens is 1. The lowest BCUT2D eigenvalue weighted by molar-refractivity contribution is 0.0749. The third-order valence-electron chi connectivity index (χ3n) is 4.42. The number of nitrogens with zero attached hydrogens (tertiary/aromatic N) is 2. The third-order valence-corrected chi connectivity index (χ3v) is 4.42. The highest BCUT2D eigenvalue weighted by Crippen LogP contribution is 2.33. The fraction of sp³-hybridized carbons (Fsp3) is 0.667. The van der Waals surface area contributed by atoms with E-state index in [0.717, 1.165) is 24.5 Å². The fourth-order valence-corrected chi connectivity index (χ4v) is 3.10. The Morgan fingerprint density at radius 2 is 2.11 bits per heavy atom. The van der Waals surface area contributed by atoms with Crippen LogP contribution >= 0.6 is 0 Å². The molecule has 0 amide bonds. The molecule has 0 radical (unpaired) electrons. The van der Waals surface area contributed by atoms with Crippen molar-refractivity contribution >= 4 is 0 Å². The molecule has 0 saturated heterocycles. The Hall–Kier alpha value is -1.13. The molecule has 0 bridgehead atoms. The zero-order valence-electron chi connectivity index (χ0n) is 12.1. The maximum Gasteiger partial charge on any atom is 0.217 e. The van der Waals surface area contributed by atoms with E-state index in [4.69, 9.17) is 10.5 Å². The molecule has 19 heavy (non-hydrogen) atoms. The molecule has 1 aliphatic carbocycles. The Balaban J connectivity index is 2.12. The molecule has 1 aliphatic rings. The summed E-state index contributed by atoms with van der Waals surface area (Å²) in [4.78, 5) is 6.66. The molecule has 2 N–H and O–H groups in total. The lowest BCUT2D eigenvalue weighted by Crippen LogP contribution is -2.52. The molecule has 4 heteroatoms. The van der Waals surface area contributed by atoms with Gasteiger partial charge in [-0.3, -0.25) is 4.90 Å². The summed E-state index contributed by atoms with van der Waals surface area (Å²) >= 11 is 0. The lowest BCUT2D eigenvalue weighted by atomic mass is 9.80. The van der Waals surface area contributed by atoms with E-state index < -0.39 is 0 Å². The van der Waals surface area contributed by atoms with Crippen LogP contribution in [0.5, 0.6) is 5.88 Å². The standard InChI is InChI=1S/C15H25N3O/c1-18(15(12-16)8-4-3-5-9-15)11-13-7-6-10-17-14(13)19-2/h6-7,10H,3-5,8-9,11-12,16H2,1-2H3. The zero-order valence-corrected chi connectivity index (χ0v) is 12.1. The summed E-state index contributed by atoms with van der Waals surface area (Å²) in [6, 6.07) is 4.04. The molecule has 1 aromatic rings. The van der Waals surface area contributed by atoms with Gasteiger partial charge in [-0.2, -0.15) is 0 Å². The number of nitrogens with two attached hydrogens (primary N) is 1. The van der Waals surface area contributed by atoms with Crippen LogP contribution in [0.2, 0.25) is 0 Å². The van der Waals surface area contributed by atoms with Gasteiger partial charge in [-0.25, -0.2) is 4.98 Å². The van der Waals surface area contributed by atoms with Crippen LogP contribution in [0, 0.1) is 0 Å². The van der Waals surface area contributed by atoms with Crippen LogP contribution in [-0.2, 0) is 6.54 Å². The average molecular weight is 263 g/mol. The van der Waals surface area contributed by atoms with Crippen LogP contribution in [0.25, 0.3) is 0 Å². The normalized spacial score (nSPS) is 18.5. The van der Waals surface area contributed by atoms with Gasteiger partial charge < -0.3 is 10.5 Å². The van der Waals surface area contributed by atoms with Crippen molar-refractivity contribution in [3.05, 3.63) is 23.9 Å². The van der Waals surface area contributed by atoms with Crippen LogP contribution in [0.1, 0.15) is 37.7 Å². The highest BCUT2D eigenvalue weighted by molar-refractivity contribution is 5.25. The zero-order chi connectivity index (χ0) is 13.7. The van der Waals surface area contributed by atoms with Gasteiger partial charge in [0.2, 0.25) is 5.88 Å². The van der Waals surface area contributed by atoms with Gasteiger partial charge >= 0.3 is 0 Å². The van der Waals surface area contributed by atoms with Crippen LogP contribution in [0.4, 0.5) is 0 Å². The van der Waals surface area contributed by atoms with Crippen molar-refractivity contribution in [1.82, 2.24) is 9.88 Å². The molecule has 0 atom stereocenters. The molecule has 1 aromatic heterocycles. The number of pyridine rings is 1. The summed E-state index contributed by atoms with van der Waals surface area (Å²) in [6.45, 7) is 1.57. The molecule has 1 saturated carbocycles. The molecular weight excluding hydrogens is 238 g/mol. The second kappa shape index (κ2) is 6.35. The Bertz CT molecular complexity index is 402. The quantitative estimate of drug-likeness (QED) is 0.884. The van der Waals surface area contributed by atoms with Gasteiger partial charge in [-0.05, 0) is 26.0 Å². The van der Waals surface area contributed by atoms with E-state index in [2.05, 4.69) is 23.0 Å². The van der Waals surface area contributed by atoms with Gasteiger partial charge in [-0.15, -0.1) is 0 Å². The largest absolute Gasteiger partial charge is 0.481 e. The van der Waals surface area contributed by atoms with Gasteiger partial charge in [0, 0.05) is 30.4 Å². The average Bonchev–Trinajstić information content (AvgIpc) is 2.48. The van der Waals surface area contributed by atoms with E-state index in [-0.39, 0.29) is 5.54 Å². The van der Waals surface area contributed by atoms with E-state index in [9.17, 15) is 0 Å². The molecule has 106 valence electrons. The van der Waals surface area contributed by atoms with Crippen molar-refractivity contribution in [3.8, 4) is 5.88 Å². The molecular formula is C15H25N3O. The minimum atomic E-state index is 0.152. The highest BCUT2D eigenvalue weighted by Gasteiger charge is 2.34. The minimum absolute atomic E-state index is 0.152. The van der Waals surface area contributed by atoms with Crippen LogP contribution < -0.4 is 10.5 Å². The number of hydrogen-bond donors (Lipinski definition) is 1. The first kappa shape index (κ1) is 14.3. The second-order valence-corrected chi connectivity index (χ2v) is 5.52. The van der Waals surface area contributed by atoms with E-state index in [1.54, 1.807) is 13.3 Å². The van der Waals surface area contributed by atoms with Crippen molar-refractivity contribution in [3.63, 3.8) is 0 Å². The van der Waals surface area contributed by atoms with Crippen molar-refractivity contribution < 1.29 is 4.74 Å². The SMILES string of the molecule is COc1ncccc1CN(C)C1(CN)CCCCC1. The molecule has 1 heterocycles. The maximum atomic E-state index is 6.07. The summed E-state index contributed by atoms with van der Waals surface area (Å²) < 4.78 is 5.33. The fourth-order valence-electron chi connectivity index (χ4n) is 3.10. The van der Waals surface area contributed by atoms with Gasteiger partial charge in [0.25, 0.3) is 0 Å². The molecule has 0 unspecified atom stereocenters. The van der Waals surface area contributed by atoms with Gasteiger partial charge in [0.1, 0.15) is 0 Å². The lowest BCUT2D eigenvalue weighted by Gasteiger charge is -2.44. The molecule has 0 aliphatic heterocycles. The van der Waals surface area contributed by atoms with Crippen molar-refractivity contribution in [1.29, 1.82) is 0 Å². The van der Waals surface area contributed by atoms with Crippen molar-refractivity contribution in [2.75, 3.05) is 20.7 Å². The Morgan fingerprint density at radius 1 is 1.37 bits per heavy atom. The van der Waals surface area contributed by atoms with E-state index >= 15 is 0 Å². The smallest absolute Gasteiger partial charge is 0.217 e. The van der Waals surface area contributed by atoms with E-state index in [1.807, 2.05) is 6.07 Å². The van der Waals surface area contributed by atoms with Gasteiger partial charge in [-0.1, -0.05) is 25.3 Å². The first-order valence-corrected chi connectivity index (χ1v) is 7.11. The first-order valence-electron chi connectivity index (χ1n) is 7.11. The van der Waals surface area contributed by atoms with Crippen molar-refractivity contribution in [2.45, 2.75) is 44.2 Å². The number of methoxy groups -OCH3 is 1. The monoisotopic (exact) mass is 263 g/mol. The topological polar surface area (TPSA) is 51.4 Å². The van der Waals surface area contributed by atoms with Crippen LogP contribution in [0.15, 0.2) is 18.3 Å². The number of hydrogen-bond acceptors (Lipinski definition) is 4. The predicted octanol–water partition coefficient (Wildman–Crippen LogP) is 2.18. The summed E-state index contributed by atoms with van der Waals surface area (Å²) in [5, 5.41) is 0. The number of likely N-dealkylation sites (N-methyl/N-ethyl adjacent to an activating group) is 1. The van der Waals surface area contributed by atoms with Gasteiger partial charge in [0.05, 0.1) is 7.11 Å². The molecule has 0 spiro atoms. The predicted molar refractivity (Wildman–Crippen MR) is 77.1 cm³/mol. The van der Waals surface area contributed by atoms with Crippen LogP contribution in [-0.4, -0.2) is 36.1 Å².